The van der Waals surface area contributed by atoms with Gasteiger partial charge in [0, 0.05) is 6.07 Å². The van der Waals surface area contributed by atoms with Crippen LogP contribution in [0.4, 0.5) is 4.39 Å². The molecule has 0 unspecified atom stereocenters. The highest BCUT2D eigenvalue weighted by Gasteiger charge is 2.36. The third kappa shape index (κ3) is 1.57. The van der Waals surface area contributed by atoms with Crippen LogP contribution in [0.1, 0.15) is 6.42 Å². The minimum Gasteiger partial charge on any atom is -0.404 e. The van der Waals surface area contributed by atoms with Crippen LogP contribution < -0.4 is 4.74 Å². The van der Waals surface area contributed by atoms with Crippen molar-refractivity contribution in [3.8, 4) is 5.88 Å². The summed E-state index contributed by atoms with van der Waals surface area (Å²) in [5.74, 6) is -0.820. The molecule has 1 heterocycles. The standard InChI is InChI=1S/C15H8FNO2/c16-9-1-4-14(17-7-9)19-15(18)11-3-2-10-12-5-8(12)6-13(10)11/h1-4,6-7H,5H2. The number of fused-ring (bicyclic) bond motifs is 2. The highest BCUT2D eigenvalue weighted by molar-refractivity contribution is 5.99. The molecule has 0 amide bonds. The molecular weight excluding hydrogens is 245 g/mol. The molecule has 0 aromatic carbocycles. The lowest BCUT2D eigenvalue weighted by molar-refractivity contribution is -0.130. The fourth-order valence-electron chi connectivity index (χ4n) is 2.39. The number of aromatic nitrogens is 1. The zero-order chi connectivity index (χ0) is 13.0. The van der Waals surface area contributed by atoms with E-state index in [-0.39, 0.29) is 5.88 Å². The van der Waals surface area contributed by atoms with Gasteiger partial charge in [0.2, 0.25) is 5.88 Å². The minimum atomic E-state index is -0.463. The normalized spacial score (nSPS) is 18.5. The van der Waals surface area contributed by atoms with E-state index >= 15 is 0 Å². The number of ether oxygens (including phenoxy) is 1. The number of hydrogen-bond donors (Lipinski definition) is 0. The smallest absolute Gasteiger partial charge is 0.345 e. The molecule has 4 rings (SSSR count). The summed E-state index contributed by atoms with van der Waals surface area (Å²) in [7, 11) is 0. The highest BCUT2D eigenvalue weighted by atomic mass is 19.1. The molecule has 0 bridgehead atoms. The number of allylic oxidation sites excluding steroid dienone is 6. The second-order valence-electron chi connectivity index (χ2n) is 4.60. The largest absolute Gasteiger partial charge is 0.404 e. The lowest BCUT2D eigenvalue weighted by Crippen LogP contribution is -2.11. The van der Waals surface area contributed by atoms with Crippen molar-refractivity contribution >= 4 is 5.97 Å². The van der Waals surface area contributed by atoms with Gasteiger partial charge in [-0.15, -0.1) is 0 Å². The van der Waals surface area contributed by atoms with Gasteiger partial charge < -0.3 is 4.74 Å². The van der Waals surface area contributed by atoms with Crippen LogP contribution >= 0.6 is 0 Å². The number of hydrogen-bond acceptors (Lipinski definition) is 3. The number of carbonyl (C=O) groups excluding carboxylic acids is 1. The van der Waals surface area contributed by atoms with E-state index in [0.717, 1.165) is 23.8 Å². The maximum absolute atomic E-state index is 12.7. The molecule has 0 atom stereocenters. The van der Waals surface area contributed by atoms with E-state index in [4.69, 9.17) is 4.74 Å². The topological polar surface area (TPSA) is 39.2 Å². The zero-order valence-corrected chi connectivity index (χ0v) is 9.81. The van der Waals surface area contributed by atoms with E-state index in [1.165, 1.54) is 23.3 Å². The molecule has 0 N–H and O–H groups in total. The van der Waals surface area contributed by atoms with Crippen molar-refractivity contribution in [2.75, 3.05) is 0 Å². The molecule has 3 aliphatic rings. The van der Waals surface area contributed by atoms with E-state index in [1.54, 1.807) is 6.08 Å². The molecule has 3 nitrogen and oxygen atoms in total. The summed E-state index contributed by atoms with van der Waals surface area (Å²) >= 11 is 0. The first kappa shape index (κ1) is 10.4. The van der Waals surface area contributed by atoms with Gasteiger partial charge in [0.25, 0.3) is 0 Å². The van der Waals surface area contributed by atoms with E-state index in [0.29, 0.717) is 5.57 Å². The summed E-state index contributed by atoms with van der Waals surface area (Å²) in [6.45, 7) is 0. The van der Waals surface area contributed by atoms with Crippen molar-refractivity contribution in [3.63, 3.8) is 0 Å². The molecule has 0 radical (unpaired) electrons. The number of nitrogens with zero attached hydrogens (tertiary/aromatic N) is 1. The SMILES string of the molecule is O=C(Oc1ccc(F)cn1)C1=C2C=C3CC3=C2C=C1. The summed E-state index contributed by atoms with van der Waals surface area (Å²) in [5, 5.41) is 0. The second kappa shape index (κ2) is 3.51. The average Bonchev–Trinajstić information content (AvgIpc) is 2.89. The predicted octanol–water partition coefficient (Wildman–Crippen LogP) is 2.63. The van der Waals surface area contributed by atoms with Crippen molar-refractivity contribution in [2.45, 2.75) is 6.42 Å². The minimum absolute atomic E-state index is 0.102. The van der Waals surface area contributed by atoms with Gasteiger partial charge in [0.1, 0.15) is 5.82 Å². The van der Waals surface area contributed by atoms with Crippen LogP contribution in [0, 0.1) is 5.82 Å². The van der Waals surface area contributed by atoms with Crippen LogP contribution in [-0.4, -0.2) is 11.0 Å². The van der Waals surface area contributed by atoms with Crippen molar-refractivity contribution in [3.05, 3.63) is 70.2 Å². The predicted molar refractivity (Wildman–Crippen MR) is 65.7 cm³/mol. The number of rotatable bonds is 2. The van der Waals surface area contributed by atoms with Gasteiger partial charge in [-0.2, -0.15) is 0 Å². The molecular formula is C15H8FNO2. The molecule has 19 heavy (non-hydrogen) atoms. The van der Waals surface area contributed by atoms with E-state index in [2.05, 4.69) is 4.98 Å². The van der Waals surface area contributed by atoms with Crippen LogP contribution in [0.2, 0.25) is 0 Å². The van der Waals surface area contributed by atoms with Crippen LogP contribution in [0.3, 0.4) is 0 Å². The molecule has 4 heteroatoms. The molecule has 0 aliphatic heterocycles. The first-order chi connectivity index (χ1) is 9.22. The Morgan fingerprint density at radius 2 is 2.16 bits per heavy atom. The van der Waals surface area contributed by atoms with E-state index < -0.39 is 11.8 Å². The maximum atomic E-state index is 12.7. The van der Waals surface area contributed by atoms with Crippen LogP contribution in [0.25, 0.3) is 0 Å². The maximum Gasteiger partial charge on any atom is 0.345 e. The van der Waals surface area contributed by atoms with Crippen molar-refractivity contribution < 1.29 is 13.9 Å². The van der Waals surface area contributed by atoms with Gasteiger partial charge >= 0.3 is 5.97 Å². The number of esters is 1. The third-order valence-corrected chi connectivity index (χ3v) is 3.39. The first-order valence-electron chi connectivity index (χ1n) is 5.93. The lowest BCUT2D eigenvalue weighted by Gasteiger charge is -2.04. The summed E-state index contributed by atoms with van der Waals surface area (Å²) in [4.78, 5) is 15.8. The molecule has 1 aromatic heterocycles. The lowest BCUT2D eigenvalue weighted by atomic mass is 10.1. The fourth-order valence-corrected chi connectivity index (χ4v) is 2.39. The Bertz CT molecular complexity index is 736. The second-order valence-corrected chi connectivity index (χ2v) is 4.60. The molecule has 1 saturated carbocycles. The van der Waals surface area contributed by atoms with Gasteiger partial charge in [-0.1, -0.05) is 6.08 Å². The molecule has 0 spiro atoms. The first-order valence-corrected chi connectivity index (χ1v) is 5.93. The highest BCUT2D eigenvalue weighted by Crippen LogP contribution is 2.51. The Hall–Kier alpha value is -2.49. The quantitative estimate of drug-likeness (QED) is 0.760. The van der Waals surface area contributed by atoms with Crippen molar-refractivity contribution in [1.29, 1.82) is 0 Å². The summed E-state index contributed by atoms with van der Waals surface area (Å²) in [6, 6.07) is 2.54. The van der Waals surface area contributed by atoms with E-state index in [1.807, 2.05) is 12.2 Å². The molecule has 92 valence electrons. The monoisotopic (exact) mass is 253 g/mol. The average molecular weight is 253 g/mol. The molecule has 3 aliphatic carbocycles. The van der Waals surface area contributed by atoms with Gasteiger partial charge in [0.15, 0.2) is 0 Å². The van der Waals surface area contributed by atoms with Crippen LogP contribution in [0.5, 0.6) is 5.88 Å². The summed E-state index contributed by atoms with van der Waals surface area (Å²) in [5.41, 5.74) is 5.24. The number of carbonyl (C=O) groups is 1. The van der Waals surface area contributed by atoms with E-state index in [9.17, 15) is 9.18 Å². The Labute approximate surface area is 108 Å². The number of pyridine rings is 1. The van der Waals surface area contributed by atoms with Crippen molar-refractivity contribution in [1.82, 2.24) is 4.98 Å². The summed E-state index contributed by atoms with van der Waals surface area (Å²) < 4.78 is 17.8. The Morgan fingerprint density at radius 3 is 2.95 bits per heavy atom. The van der Waals surface area contributed by atoms with Gasteiger partial charge in [-0.3, -0.25) is 0 Å². The summed E-state index contributed by atoms with van der Waals surface area (Å²) in [6.07, 6.45) is 7.78. The van der Waals surface area contributed by atoms with Crippen LogP contribution in [-0.2, 0) is 4.79 Å². The molecule has 1 aromatic rings. The Kier molecular flexibility index (Phi) is 1.93. The van der Waals surface area contributed by atoms with Crippen LogP contribution in [0.15, 0.2) is 64.4 Å². The van der Waals surface area contributed by atoms with Crippen molar-refractivity contribution in [2.24, 2.45) is 0 Å². The molecule has 1 fully saturated rings. The Morgan fingerprint density at radius 1 is 1.26 bits per heavy atom. The molecule has 0 saturated heterocycles. The zero-order valence-electron chi connectivity index (χ0n) is 9.81. The third-order valence-electron chi connectivity index (χ3n) is 3.39. The van der Waals surface area contributed by atoms with Gasteiger partial charge in [-0.25, -0.2) is 14.2 Å². The van der Waals surface area contributed by atoms with Gasteiger partial charge in [-0.05, 0) is 46.9 Å². The van der Waals surface area contributed by atoms with Gasteiger partial charge in [0.05, 0.1) is 11.8 Å². The Balaban J connectivity index is 1.61. The fraction of sp³-hybridized carbons (Fsp3) is 0.0667. The number of halogens is 1.